The standard InChI is InChI=1S/C23H42N6O4/c1-23(2,3)32-22(31)28-11-9-27(10-12-28)20-13-19(26-33-20)21(30)25-18-14-24-29(16-18)15-17-7-5-4-6-8-17/h17-20,24,26H,4-16H2,1-3H3,(H,25,30). The van der Waals surface area contributed by atoms with Crippen LogP contribution in [0.3, 0.4) is 0 Å². The number of rotatable bonds is 5. The molecule has 2 amide bonds. The minimum atomic E-state index is -0.491. The Morgan fingerprint density at radius 1 is 1.09 bits per heavy atom. The lowest BCUT2D eigenvalue weighted by atomic mass is 9.89. The fraction of sp³-hybridized carbons (Fsp3) is 0.913. The Hall–Kier alpha value is -1.46. The highest BCUT2D eigenvalue weighted by Gasteiger charge is 2.38. The van der Waals surface area contributed by atoms with E-state index in [-0.39, 0.29) is 30.3 Å². The van der Waals surface area contributed by atoms with Gasteiger partial charge in [-0.25, -0.2) is 9.80 Å². The lowest BCUT2D eigenvalue weighted by Gasteiger charge is -2.37. The molecule has 3 aliphatic heterocycles. The van der Waals surface area contributed by atoms with E-state index < -0.39 is 5.60 Å². The zero-order valence-electron chi connectivity index (χ0n) is 20.5. The van der Waals surface area contributed by atoms with Crippen molar-refractivity contribution in [2.45, 2.75) is 83.2 Å². The summed E-state index contributed by atoms with van der Waals surface area (Å²) in [6.45, 7) is 10.9. The molecule has 1 aliphatic carbocycles. The number of hydroxylamine groups is 1. The molecule has 1 saturated carbocycles. The zero-order chi connectivity index (χ0) is 23.4. The number of nitrogens with zero attached hydrogens (tertiary/aromatic N) is 3. The predicted molar refractivity (Wildman–Crippen MR) is 124 cm³/mol. The molecule has 4 rings (SSSR count). The van der Waals surface area contributed by atoms with Crippen LogP contribution >= 0.6 is 0 Å². The van der Waals surface area contributed by atoms with Crippen LogP contribution in [0.1, 0.15) is 59.3 Å². The molecule has 4 fully saturated rings. The first-order valence-electron chi connectivity index (χ1n) is 12.7. The van der Waals surface area contributed by atoms with Crippen molar-refractivity contribution in [1.29, 1.82) is 0 Å². The maximum absolute atomic E-state index is 12.8. The van der Waals surface area contributed by atoms with Crippen molar-refractivity contribution in [3.05, 3.63) is 0 Å². The Labute approximate surface area is 197 Å². The third kappa shape index (κ3) is 7.02. The van der Waals surface area contributed by atoms with Crippen LogP contribution < -0.4 is 16.2 Å². The average Bonchev–Trinajstić information content (AvgIpc) is 3.43. The summed E-state index contributed by atoms with van der Waals surface area (Å²) in [5.41, 5.74) is 5.89. The van der Waals surface area contributed by atoms with Gasteiger partial charge in [0.15, 0.2) is 0 Å². The van der Waals surface area contributed by atoms with Crippen LogP contribution in [0.4, 0.5) is 4.79 Å². The molecule has 0 aromatic heterocycles. The molecule has 3 unspecified atom stereocenters. The van der Waals surface area contributed by atoms with Crippen LogP contribution in [0.2, 0.25) is 0 Å². The molecule has 4 aliphatic rings. The number of carbonyl (C=O) groups excluding carboxylic acids is 2. The van der Waals surface area contributed by atoms with Gasteiger partial charge in [-0.3, -0.25) is 20.0 Å². The minimum Gasteiger partial charge on any atom is -0.444 e. The lowest BCUT2D eigenvalue weighted by Crippen LogP contribution is -2.53. The molecular formula is C23H42N6O4. The van der Waals surface area contributed by atoms with Gasteiger partial charge >= 0.3 is 6.09 Å². The van der Waals surface area contributed by atoms with Gasteiger partial charge < -0.3 is 15.0 Å². The second kappa shape index (κ2) is 10.9. The highest BCUT2D eigenvalue weighted by Crippen LogP contribution is 2.24. The van der Waals surface area contributed by atoms with Crippen LogP contribution in [0.25, 0.3) is 0 Å². The van der Waals surface area contributed by atoms with Crippen LogP contribution in [-0.4, -0.2) is 96.5 Å². The normalized spacial score (nSPS) is 30.5. The first-order valence-corrected chi connectivity index (χ1v) is 12.7. The third-order valence-corrected chi connectivity index (χ3v) is 7.03. The number of amides is 2. The molecule has 10 heteroatoms. The number of hydrazine groups is 1. The molecule has 3 atom stereocenters. The summed E-state index contributed by atoms with van der Waals surface area (Å²) in [6, 6.07) is -0.231. The van der Waals surface area contributed by atoms with E-state index in [1.807, 2.05) is 20.8 Å². The predicted octanol–water partition coefficient (Wildman–Crippen LogP) is 1.04. The Morgan fingerprint density at radius 2 is 1.82 bits per heavy atom. The van der Waals surface area contributed by atoms with Crippen LogP contribution in [0.15, 0.2) is 0 Å². The SMILES string of the molecule is CC(C)(C)OC(=O)N1CCN(C2CC(C(=O)NC3CNN(CC4CCCCC4)C3)NO2)CC1. The van der Waals surface area contributed by atoms with Crippen molar-refractivity contribution in [2.24, 2.45) is 5.92 Å². The fourth-order valence-corrected chi connectivity index (χ4v) is 5.22. The summed E-state index contributed by atoms with van der Waals surface area (Å²) in [6.07, 6.45) is 6.90. The van der Waals surface area contributed by atoms with Crippen molar-refractivity contribution >= 4 is 12.0 Å². The number of piperazine rings is 1. The van der Waals surface area contributed by atoms with E-state index in [4.69, 9.17) is 9.57 Å². The van der Waals surface area contributed by atoms with E-state index in [9.17, 15) is 9.59 Å². The number of hydrogen-bond donors (Lipinski definition) is 3. The maximum atomic E-state index is 12.8. The first kappa shape index (κ1) is 24.7. The lowest BCUT2D eigenvalue weighted by molar-refractivity contribution is -0.125. The van der Waals surface area contributed by atoms with Crippen molar-refractivity contribution < 1.29 is 19.2 Å². The number of nitrogens with one attached hydrogen (secondary N) is 3. The van der Waals surface area contributed by atoms with Crippen molar-refractivity contribution in [3.63, 3.8) is 0 Å². The zero-order valence-corrected chi connectivity index (χ0v) is 20.5. The van der Waals surface area contributed by atoms with Crippen molar-refractivity contribution in [3.8, 4) is 0 Å². The molecule has 3 saturated heterocycles. The third-order valence-electron chi connectivity index (χ3n) is 7.03. The van der Waals surface area contributed by atoms with Gasteiger partial charge in [0.1, 0.15) is 17.9 Å². The average molecular weight is 467 g/mol. The van der Waals surface area contributed by atoms with E-state index in [0.29, 0.717) is 32.6 Å². The van der Waals surface area contributed by atoms with Crippen LogP contribution in [0, 0.1) is 5.92 Å². The Bertz CT molecular complexity index is 672. The first-order chi connectivity index (χ1) is 15.8. The molecular weight excluding hydrogens is 424 g/mol. The van der Waals surface area contributed by atoms with E-state index in [1.165, 1.54) is 32.1 Å². The minimum absolute atomic E-state index is 0.00351. The van der Waals surface area contributed by atoms with Gasteiger partial charge in [-0.15, -0.1) is 0 Å². The maximum Gasteiger partial charge on any atom is 0.410 e. The molecule has 0 bridgehead atoms. The van der Waals surface area contributed by atoms with Crippen LogP contribution in [0.5, 0.6) is 0 Å². The number of ether oxygens (including phenoxy) is 1. The number of hydrogen-bond acceptors (Lipinski definition) is 8. The van der Waals surface area contributed by atoms with E-state index in [1.54, 1.807) is 4.90 Å². The summed E-state index contributed by atoms with van der Waals surface area (Å²) in [7, 11) is 0. The largest absolute Gasteiger partial charge is 0.444 e. The second-order valence-corrected chi connectivity index (χ2v) is 11.0. The monoisotopic (exact) mass is 466 g/mol. The summed E-state index contributed by atoms with van der Waals surface area (Å²) < 4.78 is 5.46. The highest BCUT2D eigenvalue weighted by atomic mass is 16.7. The number of carbonyl (C=O) groups is 2. The molecule has 3 heterocycles. The summed E-state index contributed by atoms with van der Waals surface area (Å²) in [5, 5.41) is 5.47. The summed E-state index contributed by atoms with van der Waals surface area (Å²) in [4.78, 5) is 34.7. The van der Waals surface area contributed by atoms with Gasteiger partial charge in [-0.05, 0) is 39.5 Å². The molecule has 0 aromatic rings. The Balaban J connectivity index is 1.15. The van der Waals surface area contributed by atoms with Gasteiger partial charge in [0.05, 0.1) is 6.04 Å². The highest BCUT2D eigenvalue weighted by molar-refractivity contribution is 5.82. The molecule has 3 N–H and O–H groups in total. The quantitative estimate of drug-likeness (QED) is 0.553. The van der Waals surface area contributed by atoms with E-state index >= 15 is 0 Å². The Kier molecular flexibility index (Phi) is 8.11. The Morgan fingerprint density at radius 3 is 2.52 bits per heavy atom. The van der Waals surface area contributed by atoms with Crippen LogP contribution in [-0.2, 0) is 14.4 Å². The van der Waals surface area contributed by atoms with Crippen molar-refractivity contribution in [1.82, 2.24) is 31.0 Å². The summed E-state index contributed by atoms with van der Waals surface area (Å²) in [5.74, 6) is 0.776. The van der Waals surface area contributed by atoms with Gasteiger partial charge in [0.25, 0.3) is 0 Å². The molecule has 0 aromatic carbocycles. The topological polar surface area (TPSA) is 98.4 Å². The van der Waals surface area contributed by atoms with Crippen molar-refractivity contribution in [2.75, 3.05) is 45.8 Å². The summed E-state index contributed by atoms with van der Waals surface area (Å²) >= 11 is 0. The van der Waals surface area contributed by atoms with Gasteiger partial charge in [-0.1, -0.05) is 19.3 Å². The van der Waals surface area contributed by atoms with Gasteiger partial charge in [0.2, 0.25) is 5.91 Å². The smallest absolute Gasteiger partial charge is 0.410 e. The molecule has 188 valence electrons. The second-order valence-electron chi connectivity index (χ2n) is 11.0. The van der Waals surface area contributed by atoms with Gasteiger partial charge in [0, 0.05) is 52.2 Å². The molecule has 33 heavy (non-hydrogen) atoms. The molecule has 0 spiro atoms. The molecule has 10 nitrogen and oxygen atoms in total. The fourth-order valence-electron chi connectivity index (χ4n) is 5.22. The van der Waals surface area contributed by atoms with Gasteiger partial charge in [-0.2, -0.15) is 5.48 Å². The van der Waals surface area contributed by atoms with E-state index in [0.717, 1.165) is 25.6 Å². The van der Waals surface area contributed by atoms with E-state index in [2.05, 4.69) is 26.1 Å². The molecule has 0 radical (unpaired) electrons.